The first-order valence-corrected chi connectivity index (χ1v) is 6.64. The van der Waals surface area contributed by atoms with Gasteiger partial charge in [0, 0.05) is 20.2 Å². The van der Waals surface area contributed by atoms with Gasteiger partial charge >= 0.3 is 0 Å². The van der Waals surface area contributed by atoms with Gasteiger partial charge in [0.2, 0.25) is 5.91 Å². The zero-order valence-corrected chi connectivity index (χ0v) is 12.6. The van der Waals surface area contributed by atoms with E-state index in [2.05, 4.69) is 0 Å². The summed E-state index contributed by atoms with van der Waals surface area (Å²) in [6.45, 7) is 3.32. The van der Waals surface area contributed by atoms with Crippen molar-refractivity contribution in [3.63, 3.8) is 0 Å². The van der Waals surface area contributed by atoms with Gasteiger partial charge in [-0.25, -0.2) is 4.39 Å². The molecule has 0 heterocycles. The topological polar surface area (TPSA) is 32.8 Å². The summed E-state index contributed by atoms with van der Waals surface area (Å²) < 4.78 is 18.0. The molecule has 112 valence electrons. The minimum absolute atomic E-state index is 0.0383. The van der Waals surface area contributed by atoms with Crippen molar-refractivity contribution in [1.82, 2.24) is 9.80 Å². The number of amides is 1. The van der Waals surface area contributed by atoms with E-state index in [9.17, 15) is 9.18 Å². The van der Waals surface area contributed by atoms with Crippen molar-refractivity contribution < 1.29 is 13.9 Å². The van der Waals surface area contributed by atoms with Gasteiger partial charge in [0.05, 0.1) is 12.6 Å². The lowest BCUT2D eigenvalue weighted by atomic mass is 10.2. The molecule has 0 aliphatic heterocycles. The number of benzene rings is 1. The Labute approximate surface area is 120 Å². The molecule has 0 spiro atoms. The monoisotopic (exact) mass is 282 g/mol. The van der Waals surface area contributed by atoms with E-state index in [0.29, 0.717) is 19.7 Å². The van der Waals surface area contributed by atoms with Gasteiger partial charge in [0.1, 0.15) is 5.82 Å². The quantitative estimate of drug-likeness (QED) is 0.764. The van der Waals surface area contributed by atoms with Gasteiger partial charge in [-0.2, -0.15) is 0 Å². The second kappa shape index (κ2) is 7.97. The Bertz CT molecular complexity index is 420. The van der Waals surface area contributed by atoms with Crippen molar-refractivity contribution in [3.05, 3.63) is 35.6 Å². The van der Waals surface area contributed by atoms with Crippen molar-refractivity contribution in [2.24, 2.45) is 0 Å². The Morgan fingerprint density at radius 3 is 2.40 bits per heavy atom. The Balaban J connectivity index is 2.78. The third kappa shape index (κ3) is 4.90. The Morgan fingerprint density at radius 2 is 1.90 bits per heavy atom. The maximum absolute atomic E-state index is 12.9. The molecule has 0 aliphatic carbocycles. The minimum Gasteiger partial charge on any atom is -0.383 e. The van der Waals surface area contributed by atoms with Crippen LogP contribution in [-0.2, 0) is 16.1 Å². The molecule has 4 nitrogen and oxygen atoms in total. The number of nitrogens with zero attached hydrogens (tertiary/aromatic N) is 2. The zero-order valence-electron chi connectivity index (χ0n) is 12.6. The molecular formula is C15H23FN2O2. The molecule has 5 heteroatoms. The van der Waals surface area contributed by atoms with Crippen LogP contribution in [0.15, 0.2) is 24.3 Å². The van der Waals surface area contributed by atoms with Gasteiger partial charge in [-0.05, 0) is 38.7 Å². The second-order valence-electron chi connectivity index (χ2n) is 5.02. The van der Waals surface area contributed by atoms with E-state index in [1.807, 2.05) is 25.9 Å². The van der Waals surface area contributed by atoms with E-state index in [0.717, 1.165) is 5.56 Å². The molecule has 0 aromatic heterocycles. The average molecular weight is 282 g/mol. The van der Waals surface area contributed by atoms with Crippen LogP contribution in [0.25, 0.3) is 0 Å². The molecule has 0 saturated heterocycles. The molecule has 1 amide bonds. The summed E-state index contributed by atoms with van der Waals surface area (Å²) in [6, 6.07) is 6.01. The van der Waals surface area contributed by atoms with Crippen LogP contribution in [0.1, 0.15) is 12.5 Å². The Hall–Kier alpha value is -1.46. The third-order valence-corrected chi connectivity index (χ3v) is 3.30. The predicted molar refractivity (Wildman–Crippen MR) is 76.8 cm³/mol. The highest BCUT2D eigenvalue weighted by atomic mass is 19.1. The standard InChI is InChI=1S/C15H23FN2O2/c1-12(17(2)3)15(19)18(9-10-20-4)11-13-5-7-14(16)8-6-13/h5-8,12H,9-11H2,1-4H3/t12-/m1/s1. The van der Waals surface area contributed by atoms with Crippen molar-refractivity contribution >= 4 is 5.91 Å². The maximum atomic E-state index is 12.9. The van der Waals surface area contributed by atoms with Gasteiger partial charge in [-0.1, -0.05) is 12.1 Å². The van der Waals surface area contributed by atoms with Crippen LogP contribution in [-0.4, -0.2) is 56.1 Å². The summed E-state index contributed by atoms with van der Waals surface area (Å²) in [4.78, 5) is 16.0. The highest BCUT2D eigenvalue weighted by Gasteiger charge is 2.22. The van der Waals surface area contributed by atoms with E-state index in [1.165, 1.54) is 12.1 Å². The normalized spacial score (nSPS) is 12.5. The fourth-order valence-corrected chi connectivity index (χ4v) is 1.76. The summed E-state index contributed by atoms with van der Waals surface area (Å²) >= 11 is 0. The molecule has 0 fully saturated rings. The van der Waals surface area contributed by atoms with Gasteiger partial charge in [0.15, 0.2) is 0 Å². The summed E-state index contributed by atoms with van der Waals surface area (Å²) in [5, 5.41) is 0. The Kier molecular flexibility index (Phi) is 6.61. The average Bonchev–Trinajstić information content (AvgIpc) is 2.43. The highest BCUT2D eigenvalue weighted by molar-refractivity contribution is 5.81. The van der Waals surface area contributed by atoms with Crippen molar-refractivity contribution in [2.45, 2.75) is 19.5 Å². The van der Waals surface area contributed by atoms with Crippen LogP contribution < -0.4 is 0 Å². The molecule has 0 saturated carbocycles. The predicted octanol–water partition coefficient (Wildman–Crippen LogP) is 1.75. The van der Waals surface area contributed by atoms with E-state index < -0.39 is 0 Å². The first kappa shape index (κ1) is 16.6. The molecular weight excluding hydrogens is 259 g/mol. The van der Waals surface area contributed by atoms with Crippen LogP contribution in [0.5, 0.6) is 0 Å². The molecule has 1 aromatic rings. The molecule has 0 radical (unpaired) electrons. The first-order chi connectivity index (χ1) is 9.45. The smallest absolute Gasteiger partial charge is 0.240 e. The lowest BCUT2D eigenvalue weighted by molar-refractivity contribution is -0.136. The van der Waals surface area contributed by atoms with Gasteiger partial charge in [0.25, 0.3) is 0 Å². The van der Waals surface area contributed by atoms with Crippen LogP contribution >= 0.6 is 0 Å². The van der Waals surface area contributed by atoms with Gasteiger partial charge < -0.3 is 9.64 Å². The number of likely N-dealkylation sites (N-methyl/N-ethyl adjacent to an activating group) is 1. The number of methoxy groups -OCH3 is 1. The van der Waals surface area contributed by atoms with Gasteiger partial charge in [-0.15, -0.1) is 0 Å². The third-order valence-electron chi connectivity index (χ3n) is 3.30. The largest absolute Gasteiger partial charge is 0.383 e. The Morgan fingerprint density at radius 1 is 1.30 bits per heavy atom. The number of carbonyl (C=O) groups excluding carboxylic acids is 1. The number of halogens is 1. The molecule has 0 aliphatic rings. The fourth-order valence-electron chi connectivity index (χ4n) is 1.76. The molecule has 1 atom stereocenters. The maximum Gasteiger partial charge on any atom is 0.240 e. The van der Waals surface area contributed by atoms with E-state index in [4.69, 9.17) is 4.74 Å². The van der Waals surface area contributed by atoms with Crippen molar-refractivity contribution in [2.75, 3.05) is 34.4 Å². The SMILES string of the molecule is COCCN(Cc1ccc(F)cc1)C(=O)[C@@H](C)N(C)C. The van der Waals surface area contributed by atoms with Crippen molar-refractivity contribution in [3.8, 4) is 0 Å². The van der Waals surface area contributed by atoms with Crippen LogP contribution in [0.4, 0.5) is 4.39 Å². The number of hydrogen-bond acceptors (Lipinski definition) is 3. The molecule has 1 aromatic carbocycles. The zero-order chi connectivity index (χ0) is 15.1. The van der Waals surface area contributed by atoms with E-state index in [-0.39, 0.29) is 17.8 Å². The second-order valence-corrected chi connectivity index (χ2v) is 5.02. The van der Waals surface area contributed by atoms with Crippen LogP contribution in [0.2, 0.25) is 0 Å². The summed E-state index contributed by atoms with van der Waals surface area (Å²) in [6.07, 6.45) is 0. The highest BCUT2D eigenvalue weighted by Crippen LogP contribution is 2.09. The van der Waals surface area contributed by atoms with Crippen LogP contribution in [0.3, 0.4) is 0 Å². The number of rotatable bonds is 7. The number of carbonyl (C=O) groups is 1. The summed E-state index contributed by atoms with van der Waals surface area (Å²) in [5.41, 5.74) is 0.904. The van der Waals surface area contributed by atoms with E-state index in [1.54, 1.807) is 24.1 Å². The lowest BCUT2D eigenvalue weighted by Gasteiger charge is -2.28. The molecule has 0 N–H and O–H groups in total. The summed E-state index contributed by atoms with van der Waals surface area (Å²) in [7, 11) is 5.35. The minimum atomic E-state index is -0.273. The summed E-state index contributed by atoms with van der Waals surface area (Å²) in [5.74, 6) is -0.235. The number of hydrogen-bond donors (Lipinski definition) is 0. The number of ether oxygens (including phenoxy) is 1. The van der Waals surface area contributed by atoms with Gasteiger partial charge in [-0.3, -0.25) is 9.69 Å². The fraction of sp³-hybridized carbons (Fsp3) is 0.533. The molecule has 0 unspecified atom stereocenters. The van der Waals surface area contributed by atoms with E-state index >= 15 is 0 Å². The lowest BCUT2D eigenvalue weighted by Crippen LogP contribution is -2.45. The van der Waals surface area contributed by atoms with Crippen molar-refractivity contribution in [1.29, 1.82) is 0 Å². The molecule has 20 heavy (non-hydrogen) atoms. The molecule has 1 rings (SSSR count). The first-order valence-electron chi connectivity index (χ1n) is 6.64. The molecule has 0 bridgehead atoms. The van der Waals surface area contributed by atoms with Crippen LogP contribution in [0, 0.1) is 5.82 Å².